The fraction of sp³-hybridized carbons (Fsp3) is 0.619. The van der Waals surface area contributed by atoms with Crippen LogP contribution in [0.4, 0.5) is 5.69 Å². The zero-order chi connectivity index (χ0) is 22.5. The summed E-state index contributed by atoms with van der Waals surface area (Å²) in [6, 6.07) is 2.89. The highest BCUT2D eigenvalue weighted by Crippen LogP contribution is 2.23. The summed E-state index contributed by atoms with van der Waals surface area (Å²) in [5.41, 5.74) is -0.285. The van der Waals surface area contributed by atoms with Crippen LogP contribution in [0.2, 0.25) is 5.02 Å². The van der Waals surface area contributed by atoms with Gasteiger partial charge in [-0.2, -0.15) is 0 Å². The number of piperidine rings is 1. The lowest BCUT2D eigenvalue weighted by atomic mass is 9.97. The minimum atomic E-state index is -0.749. The van der Waals surface area contributed by atoms with E-state index in [1.807, 2.05) is 13.8 Å². The normalized spacial score (nSPS) is 16.2. The van der Waals surface area contributed by atoms with Gasteiger partial charge in [-0.05, 0) is 51.8 Å². The van der Waals surface area contributed by atoms with Crippen molar-refractivity contribution in [2.24, 2.45) is 5.92 Å². The number of nitro groups is 1. The van der Waals surface area contributed by atoms with Crippen molar-refractivity contribution in [2.45, 2.75) is 58.5 Å². The molecule has 1 heterocycles. The molecule has 0 radical (unpaired) electrons. The molecule has 2 amide bonds. The van der Waals surface area contributed by atoms with E-state index < -0.39 is 16.9 Å². The number of nitrogens with one attached hydrogen (secondary N) is 2. The molecular weight excluding hydrogens is 408 g/mol. The lowest BCUT2D eigenvalue weighted by Crippen LogP contribution is -2.57. The van der Waals surface area contributed by atoms with Gasteiger partial charge in [0, 0.05) is 24.2 Å². The van der Waals surface area contributed by atoms with Crippen molar-refractivity contribution in [3.8, 4) is 0 Å². The number of hydrogen-bond donors (Lipinski definition) is 2. The molecule has 0 aliphatic carbocycles. The van der Waals surface area contributed by atoms with E-state index >= 15 is 0 Å². The van der Waals surface area contributed by atoms with Crippen molar-refractivity contribution in [1.29, 1.82) is 0 Å². The number of benzene rings is 1. The second-order valence-corrected chi connectivity index (χ2v) is 9.10. The monoisotopic (exact) mass is 438 g/mol. The van der Waals surface area contributed by atoms with Crippen molar-refractivity contribution < 1.29 is 14.5 Å². The molecule has 2 N–H and O–H groups in total. The SMILES string of the molecule is CC(C)C(NC(=O)c1ccc([N+](=O)[O-])cc1Cl)C(=O)NCC(C)(C)N1CCCCC1. The lowest BCUT2D eigenvalue weighted by Gasteiger charge is -2.41. The van der Waals surface area contributed by atoms with Crippen LogP contribution < -0.4 is 10.6 Å². The van der Waals surface area contributed by atoms with Crippen molar-refractivity contribution in [1.82, 2.24) is 15.5 Å². The quantitative estimate of drug-likeness (QED) is 0.478. The zero-order valence-electron chi connectivity index (χ0n) is 18.0. The molecule has 1 aromatic rings. The van der Waals surface area contributed by atoms with E-state index in [1.54, 1.807) is 0 Å². The maximum atomic E-state index is 12.8. The Bertz CT molecular complexity index is 791. The highest BCUT2D eigenvalue weighted by Gasteiger charge is 2.31. The lowest BCUT2D eigenvalue weighted by molar-refractivity contribution is -0.384. The molecule has 1 saturated heterocycles. The third kappa shape index (κ3) is 6.15. The minimum absolute atomic E-state index is 0.0316. The van der Waals surface area contributed by atoms with Gasteiger partial charge in [0.05, 0.1) is 15.5 Å². The van der Waals surface area contributed by atoms with Crippen LogP contribution in [-0.4, -0.2) is 52.9 Å². The Hall–Kier alpha value is -2.19. The second-order valence-electron chi connectivity index (χ2n) is 8.69. The van der Waals surface area contributed by atoms with Crippen molar-refractivity contribution >= 4 is 29.1 Å². The summed E-state index contributed by atoms with van der Waals surface area (Å²) in [6.45, 7) is 10.4. The predicted molar refractivity (Wildman–Crippen MR) is 117 cm³/mol. The maximum absolute atomic E-state index is 12.8. The van der Waals surface area contributed by atoms with Crippen LogP contribution in [0.1, 0.15) is 57.3 Å². The van der Waals surface area contributed by atoms with E-state index in [1.165, 1.54) is 18.6 Å². The first-order chi connectivity index (χ1) is 14.0. The molecule has 30 heavy (non-hydrogen) atoms. The molecular formula is C21H31ClN4O4. The van der Waals surface area contributed by atoms with E-state index in [0.29, 0.717) is 6.54 Å². The van der Waals surface area contributed by atoms with Crippen molar-refractivity contribution in [3.05, 3.63) is 38.9 Å². The number of non-ortho nitro benzene ring substituents is 1. The Balaban J connectivity index is 2.03. The Morgan fingerprint density at radius 3 is 2.40 bits per heavy atom. The van der Waals surface area contributed by atoms with Crippen LogP contribution >= 0.6 is 11.6 Å². The summed E-state index contributed by atoms with van der Waals surface area (Å²) in [7, 11) is 0. The molecule has 1 aliphatic heterocycles. The molecule has 1 fully saturated rings. The van der Waals surface area contributed by atoms with Crippen molar-refractivity contribution in [3.63, 3.8) is 0 Å². The van der Waals surface area contributed by atoms with Gasteiger partial charge in [-0.1, -0.05) is 31.9 Å². The van der Waals surface area contributed by atoms with Gasteiger partial charge in [-0.3, -0.25) is 24.6 Å². The summed E-state index contributed by atoms with van der Waals surface area (Å²) in [6.07, 6.45) is 3.57. The molecule has 2 rings (SSSR count). The highest BCUT2D eigenvalue weighted by molar-refractivity contribution is 6.34. The standard InChI is InChI=1S/C21H31ClN4O4/c1-14(2)18(20(28)23-13-21(3,4)25-10-6-5-7-11-25)24-19(27)16-9-8-15(26(29)30)12-17(16)22/h8-9,12,14,18H,5-7,10-11,13H2,1-4H3,(H,23,28)(H,24,27). The van der Waals surface area contributed by atoms with Gasteiger partial charge in [0.15, 0.2) is 0 Å². The summed E-state index contributed by atoms with van der Waals surface area (Å²) < 4.78 is 0. The van der Waals surface area contributed by atoms with Gasteiger partial charge in [0.25, 0.3) is 11.6 Å². The number of amides is 2. The Kier molecular flexibility index (Phi) is 8.20. The smallest absolute Gasteiger partial charge is 0.270 e. The molecule has 1 aliphatic rings. The first-order valence-electron chi connectivity index (χ1n) is 10.3. The summed E-state index contributed by atoms with van der Waals surface area (Å²) in [4.78, 5) is 38.2. The number of halogens is 1. The summed E-state index contributed by atoms with van der Waals surface area (Å²) in [5.74, 6) is -0.954. The summed E-state index contributed by atoms with van der Waals surface area (Å²) >= 11 is 6.05. The first kappa shape index (κ1) is 24.1. The molecule has 1 atom stereocenters. The molecule has 1 unspecified atom stereocenters. The number of carbonyl (C=O) groups excluding carboxylic acids is 2. The van der Waals surface area contributed by atoms with Crippen LogP contribution in [0.15, 0.2) is 18.2 Å². The van der Waals surface area contributed by atoms with Crippen LogP contribution in [0.3, 0.4) is 0 Å². The van der Waals surface area contributed by atoms with E-state index in [0.717, 1.165) is 32.0 Å². The molecule has 166 valence electrons. The Morgan fingerprint density at radius 2 is 1.87 bits per heavy atom. The number of nitrogens with zero attached hydrogens (tertiary/aromatic N) is 2. The topological polar surface area (TPSA) is 105 Å². The van der Waals surface area contributed by atoms with Gasteiger partial charge in [0.2, 0.25) is 5.91 Å². The summed E-state index contributed by atoms with van der Waals surface area (Å²) in [5, 5.41) is 16.5. The maximum Gasteiger partial charge on any atom is 0.270 e. The molecule has 0 saturated carbocycles. The van der Waals surface area contributed by atoms with E-state index in [-0.39, 0.29) is 33.6 Å². The third-order valence-electron chi connectivity index (χ3n) is 5.55. The van der Waals surface area contributed by atoms with Gasteiger partial charge in [-0.15, -0.1) is 0 Å². The number of rotatable bonds is 8. The minimum Gasteiger partial charge on any atom is -0.352 e. The second kappa shape index (κ2) is 10.2. The van der Waals surface area contributed by atoms with Gasteiger partial charge >= 0.3 is 0 Å². The largest absolute Gasteiger partial charge is 0.352 e. The molecule has 8 nitrogen and oxygen atoms in total. The number of nitro benzene ring substituents is 1. The van der Waals surface area contributed by atoms with Gasteiger partial charge in [0.1, 0.15) is 6.04 Å². The van der Waals surface area contributed by atoms with Gasteiger partial charge in [-0.25, -0.2) is 0 Å². The Labute approximate surface area is 182 Å². The fourth-order valence-corrected chi connectivity index (χ4v) is 3.84. The number of carbonyl (C=O) groups is 2. The zero-order valence-corrected chi connectivity index (χ0v) is 18.8. The van der Waals surface area contributed by atoms with Crippen LogP contribution in [0.5, 0.6) is 0 Å². The number of likely N-dealkylation sites (tertiary alicyclic amines) is 1. The van der Waals surface area contributed by atoms with E-state index in [4.69, 9.17) is 11.6 Å². The van der Waals surface area contributed by atoms with E-state index in [2.05, 4.69) is 29.4 Å². The molecule has 0 spiro atoms. The predicted octanol–water partition coefficient (Wildman–Crippen LogP) is 3.38. The van der Waals surface area contributed by atoms with Gasteiger partial charge < -0.3 is 10.6 Å². The molecule has 0 aromatic heterocycles. The van der Waals surface area contributed by atoms with Crippen LogP contribution in [0.25, 0.3) is 0 Å². The molecule has 9 heteroatoms. The fourth-order valence-electron chi connectivity index (χ4n) is 3.58. The molecule has 0 bridgehead atoms. The van der Waals surface area contributed by atoms with Crippen molar-refractivity contribution in [2.75, 3.05) is 19.6 Å². The average Bonchev–Trinajstić information content (AvgIpc) is 2.70. The third-order valence-corrected chi connectivity index (χ3v) is 5.86. The highest BCUT2D eigenvalue weighted by atomic mass is 35.5. The van der Waals surface area contributed by atoms with Crippen LogP contribution in [-0.2, 0) is 4.79 Å². The first-order valence-corrected chi connectivity index (χ1v) is 10.7. The average molecular weight is 439 g/mol. The van der Waals surface area contributed by atoms with Crippen LogP contribution in [0, 0.1) is 16.0 Å². The van der Waals surface area contributed by atoms with E-state index in [9.17, 15) is 19.7 Å². The molecule has 1 aromatic carbocycles. The Morgan fingerprint density at radius 1 is 1.23 bits per heavy atom. The number of hydrogen-bond acceptors (Lipinski definition) is 5.